The van der Waals surface area contributed by atoms with Crippen LogP contribution in [-0.4, -0.2) is 62.7 Å². The highest BCUT2D eigenvalue weighted by Gasteiger charge is 2.21. The summed E-state index contributed by atoms with van der Waals surface area (Å²) in [5, 5.41) is 9.67. The molecular formula is C23H40IN5O2. The number of hydrogen-bond acceptors (Lipinski definition) is 4. The van der Waals surface area contributed by atoms with Crippen molar-refractivity contribution in [1.29, 1.82) is 0 Å². The maximum atomic E-state index is 12.0. The van der Waals surface area contributed by atoms with Gasteiger partial charge < -0.3 is 20.7 Å². The Morgan fingerprint density at radius 2 is 2.00 bits per heavy atom. The smallest absolute Gasteiger partial charge is 0.224 e. The minimum atomic E-state index is 0. The summed E-state index contributed by atoms with van der Waals surface area (Å²) in [5.74, 6) is 1.80. The van der Waals surface area contributed by atoms with E-state index in [9.17, 15) is 4.79 Å². The molecule has 1 aromatic rings. The quantitative estimate of drug-likeness (QED) is 0.252. The summed E-state index contributed by atoms with van der Waals surface area (Å²) < 4.78 is 5.90. The van der Waals surface area contributed by atoms with E-state index in [1.807, 2.05) is 38.1 Å². The molecule has 2 rings (SSSR count). The van der Waals surface area contributed by atoms with Gasteiger partial charge in [-0.1, -0.05) is 39.8 Å². The zero-order chi connectivity index (χ0) is 21.9. The van der Waals surface area contributed by atoms with E-state index in [2.05, 4.69) is 39.7 Å². The molecule has 0 aromatic heterocycles. The molecule has 7 nitrogen and oxygen atoms in total. The maximum Gasteiger partial charge on any atom is 0.224 e. The summed E-state index contributed by atoms with van der Waals surface area (Å²) in [5.41, 5.74) is 1.90. The zero-order valence-corrected chi connectivity index (χ0v) is 21.9. The van der Waals surface area contributed by atoms with E-state index in [0.717, 1.165) is 50.0 Å². The molecular weight excluding hydrogens is 505 g/mol. The average Bonchev–Trinajstić information content (AvgIpc) is 2.67. The molecule has 0 radical (unpaired) electrons. The van der Waals surface area contributed by atoms with Crippen LogP contribution in [-0.2, 0) is 16.1 Å². The van der Waals surface area contributed by atoms with Gasteiger partial charge in [-0.05, 0) is 29.5 Å². The number of nitrogens with zero attached hydrogens (tertiary/aromatic N) is 2. The lowest BCUT2D eigenvalue weighted by molar-refractivity contribution is -0.116. The second-order valence-electron chi connectivity index (χ2n) is 8.80. The lowest BCUT2D eigenvalue weighted by atomic mass is 10.1. The van der Waals surface area contributed by atoms with Crippen molar-refractivity contribution in [3.63, 3.8) is 0 Å². The van der Waals surface area contributed by atoms with Crippen molar-refractivity contribution in [2.45, 2.75) is 46.8 Å². The first-order chi connectivity index (χ1) is 14.4. The van der Waals surface area contributed by atoms with Crippen LogP contribution in [0.15, 0.2) is 29.3 Å². The highest BCUT2D eigenvalue weighted by molar-refractivity contribution is 14.0. The first-order valence-electron chi connectivity index (χ1n) is 11.0. The summed E-state index contributed by atoms with van der Waals surface area (Å²) >= 11 is 0. The topological polar surface area (TPSA) is 78.0 Å². The van der Waals surface area contributed by atoms with Crippen molar-refractivity contribution >= 4 is 41.5 Å². The molecule has 1 heterocycles. The van der Waals surface area contributed by atoms with Crippen molar-refractivity contribution < 1.29 is 9.53 Å². The number of aliphatic imine (C=N–C) groups is 1. The Bertz CT molecular complexity index is 696. The number of amides is 1. The van der Waals surface area contributed by atoms with Crippen molar-refractivity contribution in [1.82, 2.24) is 15.5 Å². The molecule has 1 saturated heterocycles. The number of hydrogen-bond donors (Lipinski definition) is 3. The minimum absolute atomic E-state index is 0. The highest BCUT2D eigenvalue weighted by Crippen LogP contribution is 2.12. The van der Waals surface area contributed by atoms with Gasteiger partial charge in [0, 0.05) is 51.9 Å². The number of halogens is 1. The van der Waals surface area contributed by atoms with Gasteiger partial charge in [-0.25, -0.2) is 0 Å². The van der Waals surface area contributed by atoms with Crippen LogP contribution in [0.2, 0.25) is 0 Å². The molecule has 1 unspecified atom stereocenters. The summed E-state index contributed by atoms with van der Waals surface area (Å²) in [4.78, 5) is 18.8. The SMILES string of the molecule is CN=C(NCc1cccc(NC(=O)CC(C)C)c1)NCC1CN(CC(C)C)CCO1.I. The van der Waals surface area contributed by atoms with Gasteiger partial charge in [0.15, 0.2) is 5.96 Å². The second kappa shape index (κ2) is 14.6. The van der Waals surface area contributed by atoms with Gasteiger partial charge in [-0.15, -0.1) is 24.0 Å². The standard InChI is InChI=1S/C23H39N5O2.HI/c1-17(2)11-22(29)27-20-8-6-7-19(12-20)13-25-23(24-5)26-14-21-16-28(9-10-30-21)15-18(3)4;/h6-8,12,17-18,21H,9-11,13-16H2,1-5H3,(H,27,29)(H2,24,25,26);1H. The Balaban J connectivity index is 0.00000480. The van der Waals surface area contributed by atoms with E-state index in [1.54, 1.807) is 7.05 Å². The van der Waals surface area contributed by atoms with Crippen LogP contribution in [0.1, 0.15) is 39.7 Å². The van der Waals surface area contributed by atoms with Crippen molar-refractivity contribution in [3.05, 3.63) is 29.8 Å². The van der Waals surface area contributed by atoms with Crippen molar-refractivity contribution in [2.75, 3.05) is 45.2 Å². The maximum absolute atomic E-state index is 12.0. The van der Waals surface area contributed by atoms with Gasteiger partial charge in [0.2, 0.25) is 5.91 Å². The molecule has 176 valence electrons. The van der Waals surface area contributed by atoms with E-state index < -0.39 is 0 Å². The first kappa shape index (κ1) is 27.6. The molecule has 0 spiro atoms. The van der Waals surface area contributed by atoms with E-state index in [4.69, 9.17) is 4.74 Å². The molecule has 1 aromatic carbocycles. The van der Waals surface area contributed by atoms with Gasteiger partial charge in [0.05, 0.1) is 12.7 Å². The number of carbonyl (C=O) groups excluding carboxylic acids is 1. The molecule has 1 fully saturated rings. The van der Waals surface area contributed by atoms with Crippen LogP contribution in [0.5, 0.6) is 0 Å². The van der Waals surface area contributed by atoms with Crippen LogP contribution in [0.3, 0.4) is 0 Å². The molecule has 0 aliphatic carbocycles. The van der Waals surface area contributed by atoms with E-state index in [1.165, 1.54) is 0 Å². The molecule has 8 heteroatoms. The van der Waals surface area contributed by atoms with E-state index in [0.29, 0.717) is 24.8 Å². The predicted octanol–water partition coefficient (Wildman–Crippen LogP) is 3.31. The Kier molecular flexibility index (Phi) is 13.0. The van der Waals surface area contributed by atoms with Crippen LogP contribution in [0, 0.1) is 11.8 Å². The lowest BCUT2D eigenvalue weighted by Gasteiger charge is -2.34. The number of ether oxygens (including phenoxy) is 1. The molecule has 0 bridgehead atoms. The molecule has 1 aliphatic rings. The van der Waals surface area contributed by atoms with Gasteiger partial charge in [0.1, 0.15) is 0 Å². The number of guanidine groups is 1. The lowest BCUT2D eigenvalue weighted by Crippen LogP contribution is -2.50. The summed E-state index contributed by atoms with van der Waals surface area (Å²) in [6.45, 7) is 13.8. The number of nitrogens with one attached hydrogen (secondary N) is 3. The van der Waals surface area contributed by atoms with Crippen LogP contribution < -0.4 is 16.0 Å². The summed E-state index contributed by atoms with van der Waals surface area (Å²) in [7, 11) is 1.77. The third-order valence-electron chi connectivity index (χ3n) is 4.83. The van der Waals surface area contributed by atoms with Gasteiger partial charge in [0.25, 0.3) is 0 Å². The van der Waals surface area contributed by atoms with Crippen molar-refractivity contribution in [2.24, 2.45) is 16.8 Å². The monoisotopic (exact) mass is 545 g/mol. The third kappa shape index (κ3) is 11.2. The number of rotatable bonds is 9. The minimum Gasteiger partial charge on any atom is -0.374 e. The second-order valence-corrected chi connectivity index (χ2v) is 8.80. The summed E-state index contributed by atoms with van der Waals surface area (Å²) in [6.07, 6.45) is 0.687. The number of benzene rings is 1. The Morgan fingerprint density at radius 3 is 2.68 bits per heavy atom. The summed E-state index contributed by atoms with van der Waals surface area (Å²) in [6, 6.07) is 7.90. The van der Waals surface area contributed by atoms with Gasteiger partial charge in [-0.3, -0.25) is 14.7 Å². The zero-order valence-electron chi connectivity index (χ0n) is 19.6. The Morgan fingerprint density at radius 1 is 1.23 bits per heavy atom. The van der Waals surface area contributed by atoms with Gasteiger partial charge >= 0.3 is 0 Å². The average molecular weight is 546 g/mol. The Hall–Kier alpha value is -1.39. The normalized spacial score (nSPS) is 17.4. The highest BCUT2D eigenvalue weighted by atomic mass is 127. The predicted molar refractivity (Wildman–Crippen MR) is 139 cm³/mol. The number of carbonyl (C=O) groups is 1. The molecule has 3 N–H and O–H groups in total. The number of anilines is 1. The molecule has 1 aliphatic heterocycles. The van der Waals surface area contributed by atoms with Crippen molar-refractivity contribution in [3.8, 4) is 0 Å². The molecule has 1 atom stereocenters. The first-order valence-corrected chi connectivity index (χ1v) is 11.0. The van der Waals surface area contributed by atoms with E-state index in [-0.39, 0.29) is 36.0 Å². The largest absolute Gasteiger partial charge is 0.374 e. The molecule has 31 heavy (non-hydrogen) atoms. The fourth-order valence-electron chi connectivity index (χ4n) is 3.54. The molecule has 1 amide bonds. The Labute approximate surface area is 204 Å². The van der Waals surface area contributed by atoms with Crippen LogP contribution in [0.4, 0.5) is 5.69 Å². The van der Waals surface area contributed by atoms with E-state index >= 15 is 0 Å². The van der Waals surface area contributed by atoms with Crippen LogP contribution >= 0.6 is 24.0 Å². The fourth-order valence-corrected chi connectivity index (χ4v) is 3.54. The fraction of sp³-hybridized carbons (Fsp3) is 0.652. The number of morpholine rings is 1. The molecule has 0 saturated carbocycles. The van der Waals surface area contributed by atoms with Gasteiger partial charge in [-0.2, -0.15) is 0 Å². The third-order valence-corrected chi connectivity index (χ3v) is 4.83. The van der Waals surface area contributed by atoms with Crippen LogP contribution in [0.25, 0.3) is 0 Å².